The van der Waals surface area contributed by atoms with E-state index in [1.165, 1.54) is 177 Å². The van der Waals surface area contributed by atoms with Crippen LogP contribution in [0.2, 0.25) is 0 Å². The van der Waals surface area contributed by atoms with Crippen LogP contribution in [0.4, 0.5) is 0 Å². The van der Waals surface area contributed by atoms with Crippen LogP contribution in [0.25, 0.3) is 111 Å². The Morgan fingerprint density at radius 3 is 1.15 bits per heavy atom. The molecule has 12 rings (SSSR count). The van der Waals surface area contributed by atoms with E-state index in [9.17, 15) is 0 Å². The molecule has 4 nitrogen and oxygen atoms in total. The lowest BCUT2D eigenvalue weighted by atomic mass is 10.0. The highest BCUT2D eigenvalue weighted by molar-refractivity contribution is 7.32. The highest BCUT2D eigenvalue weighted by Crippen LogP contribution is 2.51. The van der Waals surface area contributed by atoms with E-state index < -0.39 is 0 Å². The Morgan fingerprint density at radius 1 is 0.308 bits per heavy atom. The Hall–Kier alpha value is -5.28. The topological polar surface area (TPSA) is 51.6 Å². The Bertz CT molecular complexity index is 3980. The molecular weight excluding hydrogens is 1110 g/mol. The highest BCUT2D eigenvalue weighted by Gasteiger charge is 2.22. The molecule has 0 saturated heterocycles. The van der Waals surface area contributed by atoms with Crippen LogP contribution in [0.15, 0.2) is 134 Å². The predicted molar refractivity (Wildman–Crippen MR) is 348 cm³/mol. The summed E-state index contributed by atoms with van der Waals surface area (Å²) in [6, 6.07) is 45.0. The second-order valence-corrected chi connectivity index (χ2v) is 28.9. The van der Waals surface area contributed by atoms with Gasteiger partial charge in [-0.2, -0.15) is 0 Å². The van der Waals surface area contributed by atoms with Crippen molar-refractivity contribution in [3.05, 3.63) is 156 Å². The van der Waals surface area contributed by atoms with Gasteiger partial charge in [-0.15, -0.1) is 90.7 Å². The van der Waals surface area contributed by atoms with Crippen LogP contribution in [0.5, 0.6) is 0 Å². The molecule has 394 valence electrons. The van der Waals surface area contributed by atoms with Crippen LogP contribution in [-0.2, 0) is 12.8 Å². The zero-order valence-electron chi connectivity index (χ0n) is 44.7. The summed E-state index contributed by atoms with van der Waals surface area (Å²) in [4.78, 5) is 40.5. The van der Waals surface area contributed by atoms with Gasteiger partial charge in [0.25, 0.3) is 0 Å². The number of thiophene rings is 8. The Labute approximate surface area is 491 Å². The lowest BCUT2D eigenvalue weighted by Crippen LogP contribution is -1.87. The average Bonchev–Trinajstić information content (AvgIpc) is 4.33. The molecule has 0 atom stereocenters. The summed E-state index contributed by atoms with van der Waals surface area (Å²) in [5, 5.41) is 0. The van der Waals surface area contributed by atoms with Gasteiger partial charge in [-0.25, -0.2) is 9.97 Å². The molecule has 12 heteroatoms. The number of unbranched alkanes of at least 4 members (excludes halogenated alkanes) is 10. The van der Waals surface area contributed by atoms with Crippen molar-refractivity contribution in [2.24, 2.45) is 0 Å². The molecule has 0 unspecified atom stereocenters. The molecule has 0 radical (unpaired) electrons. The number of pyridine rings is 4. The predicted octanol–water partition coefficient (Wildman–Crippen LogP) is 23.5. The minimum absolute atomic E-state index is 0.927. The van der Waals surface area contributed by atoms with Crippen LogP contribution in [0, 0.1) is 13.8 Å². The molecule has 0 aromatic carbocycles. The van der Waals surface area contributed by atoms with Crippen molar-refractivity contribution in [1.29, 1.82) is 0 Å². The standard InChI is InChI=1S/C66H62N4S8/c1-5-7-9-11-13-15-19-43-39-60(50-26-24-46-48(70-50)22-18-36-68-46)76-65(43)57-33-29-53(73-57)52-28-32-56(72-52)64-42(4)38-61(77-64)62-40-44(20-16-14-12-10-8-6-2)66(78-62)58-34-30-54(74-58)51-27-31-55(71-51)63-41(3)37-59(75-63)49-25-23-45-47(69-49)21-17-35-67-45/h17-18,21-40H,5-16,19-20H2,1-4H3. The third-order valence-electron chi connectivity index (χ3n) is 14.5. The summed E-state index contributed by atoms with van der Waals surface area (Å²) in [6.45, 7) is 9.14. The smallest absolute Gasteiger partial charge is 0.0894 e. The molecule has 0 aliphatic carbocycles. The summed E-state index contributed by atoms with van der Waals surface area (Å²) in [5.74, 6) is 0. The Kier molecular flexibility index (Phi) is 16.8. The molecule has 0 saturated carbocycles. The summed E-state index contributed by atoms with van der Waals surface area (Å²) in [7, 11) is 0. The first kappa shape index (κ1) is 53.4. The number of aryl methyl sites for hydroxylation is 4. The summed E-state index contributed by atoms with van der Waals surface area (Å²) >= 11 is 15.4. The fourth-order valence-corrected chi connectivity index (χ4v) is 20.0. The van der Waals surface area contributed by atoms with Crippen molar-refractivity contribution in [1.82, 2.24) is 19.9 Å². The first-order valence-electron chi connectivity index (χ1n) is 27.7. The molecule has 12 aromatic rings. The maximum absolute atomic E-state index is 5.07. The van der Waals surface area contributed by atoms with Crippen LogP contribution >= 0.6 is 90.7 Å². The third-order valence-corrected chi connectivity index (χ3v) is 25.0. The average molecular weight is 1170 g/mol. The van der Waals surface area contributed by atoms with E-state index in [-0.39, 0.29) is 0 Å². The van der Waals surface area contributed by atoms with E-state index in [2.05, 4.69) is 141 Å². The van der Waals surface area contributed by atoms with Gasteiger partial charge in [-0.3, -0.25) is 9.97 Å². The number of nitrogens with zero attached hydrogens (tertiary/aromatic N) is 4. The third kappa shape index (κ3) is 11.8. The van der Waals surface area contributed by atoms with Gasteiger partial charge in [0.1, 0.15) is 0 Å². The van der Waals surface area contributed by atoms with Crippen molar-refractivity contribution in [2.75, 3.05) is 0 Å². The fourth-order valence-electron chi connectivity index (χ4n) is 10.3. The lowest BCUT2D eigenvalue weighted by molar-refractivity contribution is 0.608. The molecule has 0 N–H and O–H groups in total. The number of fused-ring (bicyclic) bond motifs is 2. The van der Waals surface area contributed by atoms with Crippen molar-refractivity contribution in [3.63, 3.8) is 0 Å². The Morgan fingerprint density at radius 2 is 0.667 bits per heavy atom. The van der Waals surface area contributed by atoms with Gasteiger partial charge >= 0.3 is 0 Å². The number of aromatic nitrogens is 4. The van der Waals surface area contributed by atoms with Gasteiger partial charge in [-0.1, -0.05) is 78.1 Å². The van der Waals surface area contributed by atoms with E-state index in [0.29, 0.717) is 0 Å². The van der Waals surface area contributed by atoms with Crippen LogP contribution < -0.4 is 0 Å². The molecule has 0 aliphatic heterocycles. The van der Waals surface area contributed by atoms with Gasteiger partial charge in [0.2, 0.25) is 0 Å². The minimum atomic E-state index is 0.927. The van der Waals surface area contributed by atoms with E-state index >= 15 is 0 Å². The second-order valence-electron chi connectivity index (χ2n) is 20.3. The summed E-state index contributed by atoms with van der Waals surface area (Å²) in [6.07, 6.45) is 21.5. The zero-order chi connectivity index (χ0) is 53.0. The first-order chi connectivity index (χ1) is 38.3. The summed E-state index contributed by atoms with van der Waals surface area (Å²) < 4.78 is 0. The maximum atomic E-state index is 5.07. The van der Waals surface area contributed by atoms with Crippen LogP contribution in [0.3, 0.4) is 0 Å². The molecule has 12 aromatic heterocycles. The maximum Gasteiger partial charge on any atom is 0.0894 e. The highest BCUT2D eigenvalue weighted by atomic mass is 32.1. The number of rotatable bonds is 23. The molecule has 12 heterocycles. The molecule has 0 aliphatic rings. The first-order valence-corrected chi connectivity index (χ1v) is 34.2. The van der Waals surface area contributed by atoms with E-state index in [1.807, 2.05) is 121 Å². The van der Waals surface area contributed by atoms with E-state index in [1.54, 1.807) is 0 Å². The van der Waals surface area contributed by atoms with Gasteiger partial charge in [-0.05, 0) is 183 Å². The monoisotopic (exact) mass is 1170 g/mol. The van der Waals surface area contributed by atoms with Crippen LogP contribution in [-0.4, -0.2) is 19.9 Å². The number of hydrogen-bond donors (Lipinski definition) is 0. The van der Waals surface area contributed by atoms with E-state index in [4.69, 9.17) is 9.97 Å². The van der Waals surface area contributed by atoms with Crippen molar-refractivity contribution < 1.29 is 0 Å². The van der Waals surface area contributed by atoms with Crippen molar-refractivity contribution in [3.8, 4) is 89.4 Å². The molecule has 0 spiro atoms. The fraction of sp³-hybridized carbons (Fsp3) is 0.273. The van der Waals surface area contributed by atoms with E-state index in [0.717, 1.165) is 46.3 Å². The molecule has 0 amide bonds. The second kappa shape index (κ2) is 24.6. The summed E-state index contributed by atoms with van der Waals surface area (Å²) in [5.41, 5.74) is 11.4. The van der Waals surface area contributed by atoms with Crippen molar-refractivity contribution >= 4 is 113 Å². The largest absolute Gasteiger partial charge is 0.255 e. The molecule has 0 fully saturated rings. The SMILES string of the molecule is CCCCCCCCc1cc(-c2ccc3ncccc3n2)sc1-c1ccc(-c2ccc(-c3sc(-c4cc(CCCCCCCC)c(-c5ccc(-c6ccc(-c7sc(-c8ccc9ncccc9n8)cc7C)s6)s5)s4)cc3C)s2)s1. The molecule has 0 bridgehead atoms. The zero-order valence-corrected chi connectivity index (χ0v) is 51.2. The van der Waals surface area contributed by atoms with Gasteiger partial charge < -0.3 is 0 Å². The van der Waals surface area contributed by atoms with Crippen molar-refractivity contribution in [2.45, 2.75) is 118 Å². The quantitative estimate of drug-likeness (QED) is 0.0599. The normalized spacial score (nSPS) is 11.8. The Balaban J connectivity index is 0.784. The molecular formula is C66H62N4S8. The molecule has 78 heavy (non-hydrogen) atoms. The minimum Gasteiger partial charge on any atom is -0.255 e. The van der Waals surface area contributed by atoms with Crippen LogP contribution in [0.1, 0.15) is 113 Å². The lowest BCUT2D eigenvalue weighted by Gasteiger charge is -2.03. The van der Waals surface area contributed by atoms with Gasteiger partial charge in [0.15, 0.2) is 0 Å². The van der Waals surface area contributed by atoms with Gasteiger partial charge in [0.05, 0.1) is 43.2 Å². The number of hydrogen-bond acceptors (Lipinski definition) is 12. The van der Waals surface area contributed by atoms with Gasteiger partial charge in [0, 0.05) is 80.7 Å².